The van der Waals surface area contributed by atoms with Gasteiger partial charge in [0.25, 0.3) is 0 Å². The number of hydrogen-bond acceptors (Lipinski definition) is 2. The summed E-state index contributed by atoms with van der Waals surface area (Å²) in [7, 11) is 0. The molecule has 3 N–H and O–H groups in total. The van der Waals surface area contributed by atoms with Gasteiger partial charge in [-0.25, -0.2) is 4.39 Å². The number of rotatable bonds is 3. The van der Waals surface area contributed by atoms with E-state index in [4.69, 9.17) is 17.3 Å². The molecule has 0 aromatic heterocycles. The first-order valence-electron chi connectivity index (χ1n) is 5.63. The lowest BCUT2D eigenvalue weighted by molar-refractivity contribution is 0.628. The van der Waals surface area contributed by atoms with Crippen molar-refractivity contribution in [3.63, 3.8) is 0 Å². The maximum absolute atomic E-state index is 13.2. The summed E-state index contributed by atoms with van der Waals surface area (Å²) < 4.78 is 13.2. The summed E-state index contributed by atoms with van der Waals surface area (Å²) in [5, 5.41) is 3.86. The molecule has 0 bridgehead atoms. The molecule has 94 valence electrons. The highest BCUT2D eigenvalue weighted by molar-refractivity contribution is 6.31. The number of nitrogen functional groups attached to an aromatic ring is 1. The van der Waals surface area contributed by atoms with Crippen molar-refractivity contribution in [2.45, 2.75) is 13.0 Å². The zero-order chi connectivity index (χ0) is 13.1. The summed E-state index contributed by atoms with van der Waals surface area (Å²) >= 11 is 6.11. The molecule has 0 aliphatic heterocycles. The molecular weight excluding hydrogens is 251 g/mol. The SMILES string of the molecule is CC(Nc1cc(N)cc(F)c1)c1ccccc1Cl. The average molecular weight is 265 g/mol. The van der Waals surface area contributed by atoms with Gasteiger partial charge >= 0.3 is 0 Å². The number of anilines is 2. The molecule has 0 spiro atoms. The van der Waals surface area contributed by atoms with Crippen molar-refractivity contribution in [2.24, 2.45) is 0 Å². The molecule has 2 aromatic rings. The van der Waals surface area contributed by atoms with Crippen LogP contribution in [0.25, 0.3) is 0 Å². The highest BCUT2D eigenvalue weighted by atomic mass is 35.5. The predicted octanol–water partition coefficient (Wildman–Crippen LogP) is 4.23. The van der Waals surface area contributed by atoms with Crippen molar-refractivity contribution in [3.8, 4) is 0 Å². The quantitative estimate of drug-likeness (QED) is 0.814. The van der Waals surface area contributed by atoms with Crippen LogP contribution in [0, 0.1) is 5.82 Å². The van der Waals surface area contributed by atoms with Gasteiger partial charge in [-0.2, -0.15) is 0 Å². The summed E-state index contributed by atoms with van der Waals surface area (Å²) in [6, 6.07) is 11.9. The smallest absolute Gasteiger partial charge is 0.127 e. The standard InChI is InChI=1S/C14H14ClFN2/c1-9(13-4-2-3-5-14(13)15)18-12-7-10(16)6-11(17)8-12/h2-9,18H,17H2,1H3. The van der Waals surface area contributed by atoms with Gasteiger partial charge in [0, 0.05) is 22.4 Å². The average Bonchev–Trinajstić information content (AvgIpc) is 2.27. The second-order valence-corrected chi connectivity index (χ2v) is 4.57. The summed E-state index contributed by atoms with van der Waals surface area (Å²) in [5.74, 6) is -0.358. The van der Waals surface area contributed by atoms with Gasteiger partial charge in [0.1, 0.15) is 5.82 Å². The fraction of sp³-hybridized carbons (Fsp3) is 0.143. The van der Waals surface area contributed by atoms with E-state index in [1.54, 1.807) is 6.07 Å². The van der Waals surface area contributed by atoms with Gasteiger partial charge in [0.05, 0.1) is 0 Å². The second-order valence-electron chi connectivity index (χ2n) is 4.16. The highest BCUT2D eigenvalue weighted by Gasteiger charge is 2.09. The summed E-state index contributed by atoms with van der Waals surface area (Å²) in [6.45, 7) is 1.96. The minimum atomic E-state index is -0.358. The van der Waals surface area contributed by atoms with Crippen LogP contribution in [0.5, 0.6) is 0 Å². The minimum Gasteiger partial charge on any atom is -0.399 e. The Bertz CT molecular complexity index is 537. The van der Waals surface area contributed by atoms with Crippen LogP contribution in [0.15, 0.2) is 42.5 Å². The number of nitrogens with one attached hydrogen (secondary N) is 1. The van der Waals surface area contributed by atoms with E-state index >= 15 is 0 Å². The van der Waals surface area contributed by atoms with Crippen LogP contribution >= 0.6 is 11.6 Å². The first kappa shape index (κ1) is 12.7. The fourth-order valence-electron chi connectivity index (χ4n) is 1.85. The third-order valence-electron chi connectivity index (χ3n) is 2.68. The third kappa shape index (κ3) is 2.93. The Labute approximate surface area is 111 Å². The normalized spacial score (nSPS) is 12.2. The van der Waals surface area contributed by atoms with E-state index in [2.05, 4.69) is 5.32 Å². The molecule has 0 fully saturated rings. The van der Waals surface area contributed by atoms with Crippen molar-refractivity contribution >= 4 is 23.0 Å². The molecule has 1 atom stereocenters. The Kier molecular flexibility index (Phi) is 3.72. The molecule has 2 nitrogen and oxygen atoms in total. The van der Waals surface area contributed by atoms with E-state index in [-0.39, 0.29) is 11.9 Å². The Balaban J connectivity index is 2.21. The van der Waals surface area contributed by atoms with Gasteiger partial charge < -0.3 is 11.1 Å². The Morgan fingerprint density at radius 3 is 2.61 bits per heavy atom. The molecule has 4 heteroatoms. The lowest BCUT2D eigenvalue weighted by Crippen LogP contribution is -2.07. The largest absolute Gasteiger partial charge is 0.399 e. The van der Waals surface area contributed by atoms with Gasteiger partial charge in [-0.05, 0) is 36.8 Å². The molecule has 0 aliphatic rings. The third-order valence-corrected chi connectivity index (χ3v) is 3.02. The van der Waals surface area contributed by atoms with E-state index in [9.17, 15) is 4.39 Å². The van der Waals surface area contributed by atoms with Crippen LogP contribution < -0.4 is 11.1 Å². The number of halogens is 2. The summed E-state index contributed by atoms with van der Waals surface area (Å²) in [6.07, 6.45) is 0. The molecule has 0 radical (unpaired) electrons. The molecule has 18 heavy (non-hydrogen) atoms. The Morgan fingerprint density at radius 2 is 1.94 bits per heavy atom. The maximum Gasteiger partial charge on any atom is 0.127 e. The van der Waals surface area contributed by atoms with Gasteiger partial charge in [-0.1, -0.05) is 29.8 Å². The van der Waals surface area contributed by atoms with Gasteiger partial charge in [0.2, 0.25) is 0 Å². The Hall–Kier alpha value is -1.74. The topological polar surface area (TPSA) is 38.0 Å². The molecule has 0 saturated carbocycles. The van der Waals surface area contributed by atoms with Crippen molar-refractivity contribution in [1.82, 2.24) is 0 Å². The molecule has 2 aromatic carbocycles. The molecule has 0 amide bonds. The van der Waals surface area contributed by atoms with Crippen molar-refractivity contribution in [2.75, 3.05) is 11.1 Å². The zero-order valence-corrected chi connectivity index (χ0v) is 10.7. The molecule has 0 heterocycles. The van der Waals surface area contributed by atoms with Crippen LogP contribution in [0.1, 0.15) is 18.5 Å². The number of nitrogens with two attached hydrogens (primary N) is 1. The maximum atomic E-state index is 13.2. The van der Waals surface area contributed by atoms with E-state index in [0.29, 0.717) is 16.4 Å². The van der Waals surface area contributed by atoms with Crippen LogP contribution in [-0.2, 0) is 0 Å². The first-order chi connectivity index (χ1) is 8.56. The van der Waals surface area contributed by atoms with Crippen molar-refractivity contribution < 1.29 is 4.39 Å². The highest BCUT2D eigenvalue weighted by Crippen LogP contribution is 2.26. The van der Waals surface area contributed by atoms with Gasteiger partial charge in [-0.3, -0.25) is 0 Å². The molecule has 2 rings (SSSR count). The lowest BCUT2D eigenvalue weighted by atomic mass is 10.1. The van der Waals surface area contributed by atoms with Gasteiger partial charge in [0.15, 0.2) is 0 Å². The van der Waals surface area contributed by atoms with E-state index in [1.165, 1.54) is 12.1 Å². The summed E-state index contributed by atoms with van der Waals surface area (Å²) in [4.78, 5) is 0. The van der Waals surface area contributed by atoms with E-state index < -0.39 is 0 Å². The van der Waals surface area contributed by atoms with Crippen LogP contribution in [-0.4, -0.2) is 0 Å². The molecular formula is C14H14ClFN2. The monoisotopic (exact) mass is 264 g/mol. The van der Waals surface area contributed by atoms with Crippen LogP contribution in [0.4, 0.5) is 15.8 Å². The Morgan fingerprint density at radius 1 is 1.22 bits per heavy atom. The molecule has 0 aliphatic carbocycles. The second kappa shape index (κ2) is 5.27. The molecule has 1 unspecified atom stereocenters. The summed E-state index contributed by atoms with van der Waals surface area (Å²) in [5.41, 5.74) is 7.59. The van der Waals surface area contributed by atoms with Crippen molar-refractivity contribution in [1.29, 1.82) is 0 Å². The number of hydrogen-bond donors (Lipinski definition) is 2. The van der Waals surface area contributed by atoms with Crippen LogP contribution in [0.3, 0.4) is 0 Å². The zero-order valence-electron chi connectivity index (χ0n) is 9.95. The lowest BCUT2D eigenvalue weighted by Gasteiger charge is -2.17. The first-order valence-corrected chi connectivity index (χ1v) is 6.01. The van der Waals surface area contributed by atoms with Gasteiger partial charge in [-0.15, -0.1) is 0 Å². The van der Waals surface area contributed by atoms with E-state index in [0.717, 1.165) is 5.56 Å². The minimum absolute atomic E-state index is 0.0279. The van der Waals surface area contributed by atoms with Crippen LogP contribution in [0.2, 0.25) is 5.02 Å². The number of benzene rings is 2. The fourth-order valence-corrected chi connectivity index (χ4v) is 2.15. The van der Waals surface area contributed by atoms with E-state index in [1.807, 2.05) is 31.2 Å². The van der Waals surface area contributed by atoms with Crippen molar-refractivity contribution in [3.05, 3.63) is 58.9 Å². The predicted molar refractivity (Wildman–Crippen MR) is 74.3 cm³/mol. The molecule has 0 saturated heterocycles.